The molecule has 0 aliphatic rings. The first-order valence-electron chi connectivity index (χ1n) is 9.95. The second-order valence-corrected chi connectivity index (χ2v) is 11.0. The average molecular weight is 698 g/mol. The van der Waals surface area contributed by atoms with Crippen molar-refractivity contribution in [2.24, 2.45) is 0 Å². The van der Waals surface area contributed by atoms with Crippen molar-refractivity contribution in [3.8, 4) is 11.5 Å². The molecule has 0 spiro atoms. The fourth-order valence-corrected chi connectivity index (χ4v) is 5.54. The molecule has 0 aliphatic heterocycles. The standard InChI is InChI=1S/C23H26Br4N2O3/c1-28(2)9-7-16-13-19(26)23(20(27)14-16)32-10-4-8-29(3)21(30)6-5-15-11-17(24)22(31)18(25)12-15/h5-6,11-14,31H,4,7-10H2,1-3H3/b6-5-. The summed E-state index contributed by atoms with van der Waals surface area (Å²) >= 11 is 13.8. The van der Waals surface area contributed by atoms with Crippen LogP contribution in [0.4, 0.5) is 0 Å². The molecule has 0 aliphatic carbocycles. The van der Waals surface area contributed by atoms with Gasteiger partial charge in [0.2, 0.25) is 5.91 Å². The number of hydrogen-bond acceptors (Lipinski definition) is 4. The van der Waals surface area contributed by atoms with Crippen LogP contribution in [0, 0.1) is 0 Å². The highest BCUT2D eigenvalue weighted by molar-refractivity contribution is 9.11. The van der Waals surface area contributed by atoms with Crippen molar-refractivity contribution < 1.29 is 14.6 Å². The third kappa shape index (κ3) is 8.48. The second-order valence-electron chi connectivity index (χ2n) is 7.57. The number of amides is 1. The Morgan fingerprint density at radius 1 is 0.969 bits per heavy atom. The monoisotopic (exact) mass is 694 g/mol. The van der Waals surface area contributed by atoms with Crippen LogP contribution in [-0.4, -0.2) is 61.7 Å². The van der Waals surface area contributed by atoms with Gasteiger partial charge in [-0.1, -0.05) is 0 Å². The number of hydrogen-bond donors (Lipinski definition) is 1. The van der Waals surface area contributed by atoms with E-state index >= 15 is 0 Å². The molecule has 2 rings (SSSR count). The minimum absolute atomic E-state index is 0.0991. The second kappa shape index (κ2) is 13.1. The molecule has 0 aromatic heterocycles. The van der Waals surface area contributed by atoms with Crippen molar-refractivity contribution in [2.45, 2.75) is 12.8 Å². The molecule has 5 nitrogen and oxygen atoms in total. The summed E-state index contributed by atoms with van der Waals surface area (Å²) in [6.45, 7) is 2.05. The van der Waals surface area contributed by atoms with E-state index in [1.807, 2.05) is 0 Å². The summed E-state index contributed by atoms with van der Waals surface area (Å²) in [7, 11) is 5.88. The van der Waals surface area contributed by atoms with Gasteiger partial charge in [-0.05, 0) is 132 Å². The maximum Gasteiger partial charge on any atom is 0.246 e. The molecule has 2 aromatic carbocycles. The number of likely N-dealkylation sites (N-methyl/N-ethyl adjacent to an activating group) is 2. The number of nitrogens with zero attached hydrogens (tertiary/aromatic N) is 2. The van der Waals surface area contributed by atoms with Crippen LogP contribution in [0.25, 0.3) is 6.08 Å². The minimum Gasteiger partial charge on any atom is -0.506 e. The van der Waals surface area contributed by atoms with Crippen molar-refractivity contribution in [1.82, 2.24) is 9.80 Å². The molecule has 9 heteroatoms. The fourth-order valence-electron chi connectivity index (χ4n) is 2.81. The molecule has 0 bridgehead atoms. The van der Waals surface area contributed by atoms with Gasteiger partial charge in [-0.25, -0.2) is 0 Å². The normalized spacial score (nSPS) is 11.4. The van der Waals surface area contributed by atoms with E-state index in [-0.39, 0.29) is 11.7 Å². The van der Waals surface area contributed by atoms with Gasteiger partial charge in [-0.2, -0.15) is 0 Å². The van der Waals surface area contributed by atoms with Gasteiger partial charge in [-0.15, -0.1) is 0 Å². The van der Waals surface area contributed by atoms with Crippen LogP contribution in [-0.2, 0) is 11.2 Å². The molecule has 0 saturated carbocycles. The van der Waals surface area contributed by atoms with Gasteiger partial charge in [-0.3, -0.25) is 4.79 Å². The number of rotatable bonds is 10. The Balaban J connectivity index is 1.84. The number of benzene rings is 2. The Morgan fingerprint density at radius 3 is 2.12 bits per heavy atom. The largest absolute Gasteiger partial charge is 0.506 e. The first-order valence-corrected chi connectivity index (χ1v) is 13.1. The lowest BCUT2D eigenvalue weighted by molar-refractivity contribution is -0.124. The van der Waals surface area contributed by atoms with Crippen LogP contribution in [0.3, 0.4) is 0 Å². The molecule has 32 heavy (non-hydrogen) atoms. The highest BCUT2D eigenvalue weighted by Gasteiger charge is 2.11. The van der Waals surface area contributed by atoms with E-state index in [1.165, 1.54) is 11.6 Å². The Hall–Kier alpha value is -0.870. The van der Waals surface area contributed by atoms with E-state index in [4.69, 9.17) is 4.74 Å². The van der Waals surface area contributed by atoms with Crippen LogP contribution in [0.15, 0.2) is 48.2 Å². The first-order chi connectivity index (χ1) is 15.1. The van der Waals surface area contributed by atoms with E-state index in [1.54, 1.807) is 30.2 Å². The highest BCUT2D eigenvalue weighted by Crippen LogP contribution is 2.35. The molecule has 1 amide bonds. The molecule has 0 fully saturated rings. The SMILES string of the molecule is CN(C)CCc1cc(Br)c(OCCCN(C)C(=O)/C=C\c2cc(Br)c(O)c(Br)c2)c(Br)c1. The predicted octanol–water partition coefficient (Wildman–Crippen LogP) is 6.49. The van der Waals surface area contributed by atoms with Crippen LogP contribution in [0.2, 0.25) is 0 Å². The van der Waals surface area contributed by atoms with E-state index in [0.29, 0.717) is 28.5 Å². The topological polar surface area (TPSA) is 53.0 Å². The quantitative estimate of drug-likeness (QED) is 0.228. The van der Waals surface area contributed by atoms with Gasteiger partial charge < -0.3 is 19.6 Å². The van der Waals surface area contributed by atoms with Crippen molar-refractivity contribution >= 4 is 75.7 Å². The number of aromatic hydroxyl groups is 1. The van der Waals surface area contributed by atoms with Crippen LogP contribution >= 0.6 is 63.7 Å². The Labute approximate surface area is 223 Å². The van der Waals surface area contributed by atoms with Crippen molar-refractivity contribution in [3.63, 3.8) is 0 Å². The van der Waals surface area contributed by atoms with E-state index in [2.05, 4.69) is 94.8 Å². The number of phenolic OH excluding ortho intramolecular Hbond substituents is 1. The van der Waals surface area contributed by atoms with E-state index in [0.717, 1.165) is 33.2 Å². The Bertz CT molecular complexity index is 934. The summed E-state index contributed by atoms with van der Waals surface area (Å²) in [5.74, 6) is 0.806. The number of carbonyl (C=O) groups excluding carboxylic acids is 1. The molecular weight excluding hydrogens is 672 g/mol. The third-order valence-electron chi connectivity index (χ3n) is 4.62. The molecular formula is C23H26Br4N2O3. The molecule has 0 radical (unpaired) electrons. The fraction of sp³-hybridized carbons (Fsp3) is 0.348. The Kier molecular flexibility index (Phi) is 11.2. The lowest BCUT2D eigenvalue weighted by Crippen LogP contribution is -2.26. The van der Waals surface area contributed by atoms with Crippen molar-refractivity contribution in [2.75, 3.05) is 40.8 Å². The van der Waals surface area contributed by atoms with Gasteiger partial charge in [0.05, 0.1) is 24.5 Å². The van der Waals surface area contributed by atoms with E-state index < -0.39 is 0 Å². The summed E-state index contributed by atoms with van der Waals surface area (Å²) in [5, 5.41) is 9.78. The average Bonchev–Trinajstić information content (AvgIpc) is 2.72. The molecule has 0 atom stereocenters. The summed E-state index contributed by atoms with van der Waals surface area (Å²) in [6, 6.07) is 7.67. The molecule has 0 unspecified atom stereocenters. The molecule has 0 saturated heterocycles. The Morgan fingerprint density at radius 2 is 1.56 bits per heavy atom. The number of halogens is 4. The number of carbonyl (C=O) groups is 1. The summed E-state index contributed by atoms with van der Waals surface area (Å²) < 4.78 is 8.91. The molecule has 2 aromatic rings. The van der Waals surface area contributed by atoms with Gasteiger partial charge in [0.25, 0.3) is 0 Å². The zero-order valence-electron chi connectivity index (χ0n) is 18.2. The summed E-state index contributed by atoms with van der Waals surface area (Å²) in [5.41, 5.74) is 2.03. The lowest BCUT2D eigenvalue weighted by atomic mass is 10.1. The third-order valence-corrected chi connectivity index (χ3v) is 7.01. The number of phenols is 1. The van der Waals surface area contributed by atoms with Gasteiger partial charge in [0.1, 0.15) is 11.5 Å². The summed E-state index contributed by atoms with van der Waals surface area (Å²) in [4.78, 5) is 16.2. The van der Waals surface area contributed by atoms with Crippen LogP contribution in [0.5, 0.6) is 11.5 Å². The lowest BCUT2D eigenvalue weighted by Gasteiger charge is -2.17. The highest BCUT2D eigenvalue weighted by atomic mass is 79.9. The maximum atomic E-state index is 12.4. The molecule has 1 N–H and O–H groups in total. The van der Waals surface area contributed by atoms with Crippen molar-refractivity contribution in [3.05, 3.63) is 59.4 Å². The first kappa shape index (κ1) is 27.4. The van der Waals surface area contributed by atoms with Gasteiger partial charge in [0.15, 0.2) is 0 Å². The number of ether oxygens (including phenoxy) is 1. The van der Waals surface area contributed by atoms with Crippen molar-refractivity contribution in [1.29, 1.82) is 0 Å². The zero-order valence-corrected chi connectivity index (χ0v) is 24.5. The van der Waals surface area contributed by atoms with Gasteiger partial charge in [0, 0.05) is 26.2 Å². The minimum atomic E-state index is -0.0991. The summed E-state index contributed by atoms with van der Waals surface area (Å²) in [6.07, 6.45) is 4.90. The molecule has 0 heterocycles. The van der Waals surface area contributed by atoms with Gasteiger partial charge >= 0.3 is 0 Å². The van der Waals surface area contributed by atoms with Crippen LogP contribution < -0.4 is 4.74 Å². The maximum absolute atomic E-state index is 12.4. The van der Waals surface area contributed by atoms with E-state index in [9.17, 15) is 9.90 Å². The molecule has 174 valence electrons. The van der Waals surface area contributed by atoms with Crippen LogP contribution in [0.1, 0.15) is 17.5 Å². The predicted molar refractivity (Wildman–Crippen MR) is 144 cm³/mol. The smallest absolute Gasteiger partial charge is 0.246 e. The zero-order chi connectivity index (χ0) is 23.8.